The molecule has 19 heavy (non-hydrogen) atoms. The smallest absolute Gasteiger partial charge is 0.163 e. The molecule has 0 spiro atoms. The maximum atomic E-state index is 13.7. The van der Waals surface area contributed by atoms with Crippen molar-refractivity contribution in [2.45, 2.75) is 6.04 Å². The molecule has 2 N–H and O–H groups in total. The summed E-state index contributed by atoms with van der Waals surface area (Å²) in [5, 5.41) is 0. The van der Waals surface area contributed by atoms with Crippen molar-refractivity contribution in [1.29, 1.82) is 0 Å². The van der Waals surface area contributed by atoms with Gasteiger partial charge in [-0.15, -0.1) is 0 Å². The molecule has 0 bridgehead atoms. The first-order valence-corrected chi connectivity index (χ1v) is 6.05. The highest BCUT2D eigenvalue weighted by Crippen LogP contribution is 2.29. The minimum absolute atomic E-state index is 0.193. The fourth-order valence-corrected chi connectivity index (χ4v) is 2.17. The summed E-state index contributed by atoms with van der Waals surface area (Å²) in [7, 11) is 0. The van der Waals surface area contributed by atoms with E-state index in [0.717, 1.165) is 18.2 Å². The molecule has 0 aliphatic rings. The van der Waals surface area contributed by atoms with Crippen molar-refractivity contribution >= 4 is 15.9 Å². The molecule has 0 radical (unpaired) electrons. The number of nitrogens with two attached hydrogens (primary N) is 1. The second-order valence-corrected chi connectivity index (χ2v) is 4.82. The third-order valence-electron chi connectivity index (χ3n) is 2.67. The topological polar surface area (TPSA) is 26.0 Å². The molecule has 100 valence electrons. The van der Waals surface area contributed by atoms with E-state index in [1.54, 1.807) is 0 Å². The Bertz CT molecular complexity index is 607. The van der Waals surface area contributed by atoms with Crippen molar-refractivity contribution < 1.29 is 17.6 Å². The molecule has 0 saturated carbocycles. The average molecular weight is 334 g/mol. The van der Waals surface area contributed by atoms with Gasteiger partial charge < -0.3 is 5.73 Å². The Hall–Kier alpha value is -1.40. The van der Waals surface area contributed by atoms with E-state index in [0.29, 0.717) is 0 Å². The molecule has 0 fully saturated rings. The van der Waals surface area contributed by atoms with E-state index < -0.39 is 34.9 Å². The van der Waals surface area contributed by atoms with Crippen LogP contribution in [0.5, 0.6) is 0 Å². The summed E-state index contributed by atoms with van der Waals surface area (Å²) in [4.78, 5) is 0. The van der Waals surface area contributed by atoms with Crippen molar-refractivity contribution in [3.8, 4) is 0 Å². The fraction of sp³-hybridized carbons (Fsp3) is 0.0769. The number of halogens is 5. The molecular formula is C13H8BrF4N. The van der Waals surface area contributed by atoms with E-state index in [1.807, 2.05) is 0 Å². The second-order valence-electron chi connectivity index (χ2n) is 3.90. The standard InChI is InChI=1S/C13H8BrF4N/c14-6-4-9(16)11(10(17)5-6)13(19)7-2-1-3-8(15)12(7)18/h1-5,13H,19H2. The summed E-state index contributed by atoms with van der Waals surface area (Å²) in [6, 6.07) is 3.90. The van der Waals surface area contributed by atoms with E-state index in [9.17, 15) is 17.6 Å². The van der Waals surface area contributed by atoms with Crippen LogP contribution < -0.4 is 5.73 Å². The predicted molar refractivity (Wildman–Crippen MR) is 66.4 cm³/mol. The first-order valence-electron chi connectivity index (χ1n) is 5.25. The summed E-state index contributed by atoms with van der Waals surface area (Å²) in [6.07, 6.45) is 0. The van der Waals surface area contributed by atoms with Gasteiger partial charge in [0.1, 0.15) is 11.6 Å². The monoisotopic (exact) mass is 333 g/mol. The van der Waals surface area contributed by atoms with Crippen LogP contribution in [0.2, 0.25) is 0 Å². The van der Waals surface area contributed by atoms with Crippen molar-refractivity contribution in [2.75, 3.05) is 0 Å². The van der Waals surface area contributed by atoms with Crippen LogP contribution >= 0.6 is 15.9 Å². The van der Waals surface area contributed by atoms with Gasteiger partial charge in [0.15, 0.2) is 11.6 Å². The molecule has 0 amide bonds. The zero-order chi connectivity index (χ0) is 14.2. The first-order chi connectivity index (χ1) is 8.91. The molecule has 2 aromatic rings. The second kappa shape index (κ2) is 5.30. The Morgan fingerprint density at radius 2 is 1.53 bits per heavy atom. The fourth-order valence-electron chi connectivity index (χ4n) is 1.77. The van der Waals surface area contributed by atoms with Gasteiger partial charge in [0.25, 0.3) is 0 Å². The summed E-state index contributed by atoms with van der Waals surface area (Å²) >= 11 is 2.92. The van der Waals surface area contributed by atoms with Gasteiger partial charge in [0.2, 0.25) is 0 Å². The van der Waals surface area contributed by atoms with E-state index in [-0.39, 0.29) is 10.0 Å². The molecule has 1 nitrogen and oxygen atoms in total. The maximum absolute atomic E-state index is 13.7. The lowest BCUT2D eigenvalue weighted by Crippen LogP contribution is -2.17. The number of benzene rings is 2. The van der Waals surface area contributed by atoms with Gasteiger partial charge in [0.05, 0.1) is 6.04 Å². The third kappa shape index (κ3) is 2.64. The number of hydrogen-bond acceptors (Lipinski definition) is 1. The van der Waals surface area contributed by atoms with Crippen molar-refractivity contribution in [1.82, 2.24) is 0 Å². The SMILES string of the molecule is NC(c1cccc(F)c1F)c1c(F)cc(Br)cc1F. The summed E-state index contributed by atoms with van der Waals surface area (Å²) in [6.45, 7) is 0. The zero-order valence-corrected chi connectivity index (χ0v) is 11.0. The van der Waals surface area contributed by atoms with Gasteiger partial charge in [-0.3, -0.25) is 0 Å². The molecule has 2 aromatic carbocycles. The Balaban J connectivity index is 2.56. The van der Waals surface area contributed by atoms with Crippen LogP contribution in [0.1, 0.15) is 17.2 Å². The minimum Gasteiger partial charge on any atom is -0.320 e. The molecule has 2 rings (SSSR count). The molecule has 0 aromatic heterocycles. The molecule has 0 aliphatic carbocycles. The highest BCUT2D eigenvalue weighted by Gasteiger charge is 2.23. The number of rotatable bonds is 2. The van der Waals surface area contributed by atoms with Crippen molar-refractivity contribution in [2.24, 2.45) is 5.73 Å². The van der Waals surface area contributed by atoms with Crippen molar-refractivity contribution in [3.63, 3.8) is 0 Å². The Morgan fingerprint density at radius 1 is 0.947 bits per heavy atom. The third-order valence-corrected chi connectivity index (χ3v) is 3.13. The highest BCUT2D eigenvalue weighted by molar-refractivity contribution is 9.10. The summed E-state index contributed by atoms with van der Waals surface area (Å²) < 4.78 is 54.3. The average Bonchev–Trinajstić information content (AvgIpc) is 2.31. The van der Waals surface area contributed by atoms with Crippen LogP contribution in [-0.2, 0) is 0 Å². The Kier molecular flexibility index (Phi) is 3.91. The van der Waals surface area contributed by atoms with Crippen LogP contribution in [0.25, 0.3) is 0 Å². The van der Waals surface area contributed by atoms with E-state index in [4.69, 9.17) is 5.73 Å². The normalized spacial score (nSPS) is 12.5. The van der Waals surface area contributed by atoms with E-state index >= 15 is 0 Å². The molecule has 1 atom stereocenters. The Morgan fingerprint density at radius 3 is 2.11 bits per heavy atom. The molecule has 6 heteroatoms. The minimum atomic E-state index is -1.43. The van der Waals surface area contributed by atoms with Gasteiger partial charge in [-0.2, -0.15) is 0 Å². The molecule has 0 saturated heterocycles. The lowest BCUT2D eigenvalue weighted by atomic mass is 9.98. The van der Waals surface area contributed by atoms with Gasteiger partial charge in [-0.25, -0.2) is 17.6 Å². The van der Waals surface area contributed by atoms with E-state index in [1.165, 1.54) is 12.1 Å². The lowest BCUT2D eigenvalue weighted by Gasteiger charge is -2.15. The van der Waals surface area contributed by atoms with Gasteiger partial charge in [-0.1, -0.05) is 28.1 Å². The van der Waals surface area contributed by atoms with Crippen LogP contribution in [0.3, 0.4) is 0 Å². The molecule has 0 aliphatic heterocycles. The van der Waals surface area contributed by atoms with Gasteiger partial charge in [0, 0.05) is 15.6 Å². The quantitative estimate of drug-likeness (QED) is 0.824. The summed E-state index contributed by atoms with van der Waals surface area (Å²) in [5.74, 6) is -4.19. The van der Waals surface area contributed by atoms with Crippen molar-refractivity contribution in [3.05, 3.63) is 69.2 Å². The molecule has 0 heterocycles. The Labute approximate surface area is 115 Å². The van der Waals surface area contributed by atoms with E-state index in [2.05, 4.69) is 15.9 Å². The van der Waals surface area contributed by atoms with Gasteiger partial charge >= 0.3 is 0 Å². The molecule has 1 unspecified atom stereocenters. The van der Waals surface area contributed by atoms with Crippen LogP contribution in [0.15, 0.2) is 34.8 Å². The zero-order valence-electron chi connectivity index (χ0n) is 9.43. The first kappa shape index (κ1) is 14.0. The maximum Gasteiger partial charge on any atom is 0.163 e. The van der Waals surface area contributed by atoms with Crippen LogP contribution in [0, 0.1) is 23.3 Å². The van der Waals surface area contributed by atoms with Crippen LogP contribution in [0.4, 0.5) is 17.6 Å². The summed E-state index contributed by atoms with van der Waals surface area (Å²) in [5.41, 5.74) is 4.82. The molecular weight excluding hydrogens is 326 g/mol. The largest absolute Gasteiger partial charge is 0.320 e. The van der Waals surface area contributed by atoms with Gasteiger partial charge in [-0.05, 0) is 18.2 Å². The lowest BCUT2D eigenvalue weighted by molar-refractivity contribution is 0.486. The highest BCUT2D eigenvalue weighted by atomic mass is 79.9. The number of hydrogen-bond donors (Lipinski definition) is 1. The predicted octanol–water partition coefficient (Wildman–Crippen LogP) is 4.05. The van der Waals surface area contributed by atoms with Crippen LogP contribution in [-0.4, -0.2) is 0 Å².